The molecular formula is C13H20O. The van der Waals surface area contributed by atoms with Crippen molar-refractivity contribution >= 4 is 0 Å². The van der Waals surface area contributed by atoms with Crippen molar-refractivity contribution in [1.29, 1.82) is 0 Å². The molecule has 0 radical (unpaired) electrons. The fraction of sp³-hybridized carbons (Fsp3) is 0.538. The van der Waals surface area contributed by atoms with Crippen molar-refractivity contribution in [2.24, 2.45) is 0 Å². The summed E-state index contributed by atoms with van der Waals surface area (Å²) in [6.07, 6.45) is 4.35. The van der Waals surface area contributed by atoms with Gasteiger partial charge in [-0.1, -0.05) is 56.4 Å². The number of unbranched alkanes of at least 4 members (excludes halogenated alkanes) is 3. The van der Waals surface area contributed by atoms with Gasteiger partial charge in [-0.15, -0.1) is 0 Å². The topological polar surface area (TPSA) is 9.23 Å². The van der Waals surface area contributed by atoms with E-state index in [0.29, 0.717) is 6.61 Å². The minimum atomic E-state index is -0.360. The van der Waals surface area contributed by atoms with E-state index in [1.54, 1.807) is 0 Å². The normalized spacial score (nSPS) is 15.4. The zero-order valence-electron chi connectivity index (χ0n) is 13.7. The highest BCUT2D eigenvalue weighted by molar-refractivity contribution is 5.13. The zero-order chi connectivity index (χ0) is 14.4. The van der Waals surface area contributed by atoms with E-state index >= 15 is 0 Å². The third kappa shape index (κ3) is 5.03. The molecule has 1 aromatic rings. The van der Waals surface area contributed by atoms with Crippen LogP contribution in [0.25, 0.3) is 0 Å². The Balaban J connectivity index is 2.64. The predicted molar refractivity (Wildman–Crippen MR) is 60.2 cm³/mol. The minimum absolute atomic E-state index is 0.0713. The van der Waals surface area contributed by atoms with Crippen LogP contribution in [0.4, 0.5) is 0 Å². The fourth-order valence-electron chi connectivity index (χ4n) is 1.15. The summed E-state index contributed by atoms with van der Waals surface area (Å²) in [5.74, 6) is 0. The second-order valence-electron chi connectivity index (χ2n) is 3.22. The minimum Gasteiger partial charge on any atom is -0.377 e. The van der Waals surface area contributed by atoms with Gasteiger partial charge in [-0.3, -0.25) is 0 Å². The maximum atomic E-state index is 7.73. The number of hydrogen-bond acceptors (Lipinski definition) is 1. The summed E-state index contributed by atoms with van der Waals surface area (Å²) in [6, 6.07) is -1.29. The molecule has 1 nitrogen and oxygen atoms in total. The maximum absolute atomic E-state index is 7.73. The lowest BCUT2D eigenvalue weighted by molar-refractivity contribution is 0.117. The van der Waals surface area contributed by atoms with E-state index in [-0.39, 0.29) is 42.4 Å². The van der Waals surface area contributed by atoms with Crippen molar-refractivity contribution < 1.29 is 11.6 Å². The van der Waals surface area contributed by atoms with Crippen LogP contribution in [0, 0.1) is 0 Å². The summed E-state index contributed by atoms with van der Waals surface area (Å²) < 4.78 is 43.4. The molecule has 1 rings (SSSR count). The van der Waals surface area contributed by atoms with E-state index in [2.05, 4.69) is 6.92 Å². The first kappa shape index (κ1) is 5.92. The number of benzene rings is 1. The van der Waals surface area contributed by atoms with E-state index < -0.39 is 0 Å². The largest absolute Gasteiger partial charge is 0.377 e. The molecule has 0 unspecified atom stereocenters. The van der Waals surface area contributed by atoms with Gasteiger partial charge in [0.25, 0.3) is 0 Å². The highest BCUT2D eigenvalue weighted by atomic mass is 16.5. The van der Waals surface area contributed by atoms with Crippen LogP contribution in [-0.4, -0.2) is 6.61 Å². The summed E-state index contributed by atoms with van der Waals surface area (Å²) >= 11 is 0. The van der Waals surface area contributed by atoms with Crippen LogP contribution >= 0.6 is 0 Å². The van der Waals surface area contributed by atoms with Gasteiger partial charge >= 0.3 is 0 Å². The Morgan fingerprint density at radius 1 is 1.14 bits per heavy atom. The van der Waals surface area contributed by atoms with Crippen molar-refractivity contribution in [3.8, 4) is 0 Å². The molecule has 0 aliphatic rings. The Morgan fingerprint density at radius 2 is 1.93 bits per heavy atom. The van der Waals surface area contributed by atoms with E-state index in [1.807, 2.05) is 0 Å². The molecule has 14 heavy (non-hydrogen) atoms. The van der Waals surface area contributed by atoms with Gasteiger partial charge in [0.1, 0.15) is 0 Å². The molecule has 1 aromatic carbocycles. The lowest BCUT2D eigenvalue weighted by atomic mass is 10.2. The Morgan fingerprint density at radius 3 is 2.64 bits per heavy atom. The fourth-order valence-corrected chi connectivity index (χ4v) is 1.15. The lowest BCUT2D eigenvalue weighted by Gasteiger charge is -2.03. The first-order valence-electron chi connectivity index (χ1n) is 7.64. The van der Waals surface area contributed by atoms with E-state index in [4.69, 9.17) is 11.6 Å². The summed E-state index contributed by atoms with van der Waals surface area (Å²) in [6.45, 7) is 2.76. The van der Waals surface area contributed by atoms with Gasteiger partial charge < -0.3 is 4.74 Å². The molecule has 0 aliphatic carbocycles. The summed E-state index contributed by atoms with van der Waals surface area (Å²) in [4.78, 5) is 0. The van der Waals surface area contributed by atoms with Gasteiger partial charge in [0.05, 0.1) is 13.5 Å². The van der Waals surface area contributed by atoms with Crippen LogP contribution in [0.2, 0.25) is 0 Å². The van der Waals surface area contributed by atoms with Gasteiger partial charge in [-0.25, -0.2) is 0 Å². The van der Waals surface area contributed by atoms with Crippen molar-refractivity contribution in [3.05, 3.63) is 35.8 Å². The monoisotopic (exact) mass is 197 g/mol. The Hall–Kier alpha value is -0.820. The molecule has 0 bridgehead atoms. The smallest absolute Gasteiger partial charge is 0.0716 e. The van der Waals surface area contributed by atoms with E-state index in [0.717, 1.165) is 25.7 Å². The summed E-state index contributed by atoms with van der Waals surface area (Å²) in [7, 11) is 0. The van der Waals surface area contributed by atoms with Crippen LogP contribution in [0.15, 0.2) is 30.2 Å². The van der Waals surface area contributed by atoms with Crippen molar-refractivity contribution in [1.82, 2.24) is 0 Å². The number of rotatable bonds is 7. The average molecular weight is 197 g/mol. The molecular weight excluding hydrogens is 172 g/mol. The van der Waals surface area contributed by atoms with Crippen molar-refractivity contribution in [2.45, 2.75) is 39.2 Å². The Labute approximate surface area is 94.1 Å². The molecule has 0 fully saturated rings. The van der Waals surface area contributed by atoms with E-state index in [1.165, 1.54) is 0 Å². The molecule has 0 N–H and O–H groups in total. The first-order chi connectivity index (χ1) is 9.00. The molecule has 0 aliphatic heterocycles. The molecule has 0 spiro atoms. The summed E-state index contributed by atoms with van der Waals surface area (Å²) in [5.41, 5.74) is 0.237. The van der Waals surface area contributed by atoms with Crippen LogP contribution in [-0.2, 0) is 11.3 Å². The standard InChI is InChI=1S/C13H20O/c1-2-3-4-8-11-14-12-13-9-6-5-7-10-13/h5-7,9-10H,2-4,8,11-12H2,1H3/i5D,6D,7D,9D,10D. The second-order valence-corrected chi connectivity index (χ2v) is 3.22. The second kappa shape index (κ2) is 7.57. The molecule has 0 atom stereocenters. The lowest BCUT2D eigenvalue weighted by Crippen LogP contribution is -1.95. The highest BCUT2D eigenvalue weighted by Crippen LogP contribution is 2.03. The van der Waals surface area contributed by atoms with Crippen LogP contribution < -0.4 is 0 Å². The van der Waals surface area contributed by atoms with Gasteiger partial charge in [-0.2, -0.15) is 0 Å². The van der Waals surface area contributed by atoms with Gasteiger partial charge in [0, 0.05) is 6.61 Å². The highest BCUT2D eigenvalue weighted by Gasteiger charge is 1.91. The SMILES string of the molecule is [2H]c1c([2H])c([2H])c(COCCCCCC)c([2H])c1[2H]. The zero-order valence-corrected chi connectivity index (χ0v) is 8.65. The molecule has 0 saturated heterocycles. The van der Waals surface area contributed by atoms with Gasteiger partial charge in [0.15, 0.2) is 0 Å². The van der Waals surface area contributed by atoms with Gasteiger partial charge in [-0.05, 0) is 12.0 Å². The van der Waals surface area contributed by atoms with Gasteiger partial charge in [0.2, 0.25) is 0 Å². The number of hydrogen-bond donors (Lipinski definition) is 0. The molecule has 0 aromatic heterocycles. The Bertz CT molecular complexity index is 405. The number of ether oxygens (including phenoxy) is 1. The average Bonchev–Trinajstić information content (AvgIpc) is 2.41. The van der Waals surface area contributed by atoms with Crippen molar-refractivity contribution in [2.75, 3.05) is 6.61 Å². The summed E-state index contributed by atoms with van der Waals surface area (Å²) in [5, 5.41) is 0. The Kier molecular flexibility index (Phi) is 3.20. The van der Waals surface area contributed by atoms with Crippen LogP contribution in [0.5, 0.6) is 0 Å². The van der Waals surface area contributed by atoms with E-state index in [9.17, 15) is 0 Å². The quantitative estimate of drug-likeness (QED) is 0.604. The third-order valence-electron chi connectivity index (χ3n) is 1.94. The molecule has 78 valence electrons. The first-order valence-corrected chi connectivity index (χ1v) is 5.14. The van der Waals surface area contributed by atoms with Crippen LogP contribution in [0.1, 0.15) is 45.0 Å². The van der Waals surface area contributed by atoms with Crippen molar-refractivity contribution in [3.63, 3.8) is 0 Å². The maximum Gasteiger partial charge on any atom is 0.0716 e. The van der Waals surface area contributed by atoms with Crippen LogP contribution in [0.3, 0.4) is 0 Å². The predicted octanol–water partition coefficient (Wildman–Crippen LogP) is 3.78. The molecule has 1 heteroatoms. The molecule has 0 amide bonds. The molecule has 0 heterocycles. The third-order valence-corrected chi connectivity index (χ3v) is 1.94. The molecule has 0 saturated carbocycles.